The van der Waals surface area contributed by atoms with Gasteiger partial charge in [-0.05, 0) is 40.5 Å². The van der Waals surface area contributed by atoms with Crippen LogP contribution in [-0.2, 0) is 19.7 Å². The molecule has 0 spiro atoms. The molecule has 1 amide bonds. The largest absolute Gasteiger partial charge is 0.443 e. The van der Waals surface area contributed by atoms with E-state index in [1.54, 1.807) is 40.9 Å². The van der Waals surface area contributed by atoms with E-state index in [1.165, 1.54) is 4.31 Å². The number of hydrogen-bond donors (Lipinski definition) is 1. The average molecular weight is 336 g/mol. The molecule has 0 saturated carbocycles. The Hall–Kier alpha value is -1.12. The minimum Gasteiger partial charge on any atom is -0.443 e. The molecule has 8 heteroatoms. The van der Waals surface area contributed by atoms with Crippen molar-refractivity contribution >= 4 is 16.3 Å². The molecule has 1 atom stereocenters. The molecule has 0 aromatic rings. The first-order valence-electron chi connectivity index (χ1n) is 7.16. The standard InChI is InChI=1S/C14H28N2O5S/c1-7-9-12(2)16(10-8-11-20-6)22(18,19)15-13(17)21-14(3,4)5/h7,12H,1,8-11H2,2-6H3,(H,15,17)/t12-/m0/s1. The van der Waals surface area contributed by atoms with Gasteiger partial charge in [0.15, 0.2) is 0 Å². The van der Waals surface area contributed by atoms with E-state index in [2.05, 4.69) is 6.58 Å². The van der Waals surface area contributed by atoms with Gasteiger partial charge in [-0.3, -0.25) is 0 Å². The number of ether oxygens (including phenoxy) is 2. The summed E-state index contributed by atoms with van der Waals surface area (Å²) < 4.78 is 37.8. The molecule has 130 valence electrons. The zero-order chi connectivity index (χ0) is 17.4. The molecule has 0 fully saturated rings. The van der Waals surface area contributed by atoms with E-state index in [0.29, 0.717) is 19.4 Å². The second kappa shape index (κ2) is 9.12. The number of methoxy groups -OCH3 is 1. The van der Waals surface area contributed by atoms with E-state index in [0.717, 1.165) is 0 Å². The summed E-state index contributed by atoms with van der Waals surface area (Å²) in [5, 5.41) is 0. The van der Waals surface area contributed by atoms with E-state index in [1.807, 2.05) is 4.72 Å². The van der Waals surface area contributed by atoms with Crippen LogP contribution < -0.4 is 4.72 Å². The molecule has 1 N–H and O–H groups in total. The molecule has 0 saturated heterocycles. The maximum absolute atomic E-state index is 12.4. The maximum Gasteiger partial charge on any atom is 0.422 e. The van der Waals surface area contributed by atoms with Crippen LogP contribution in [-0.4, -0.2) is 50.7 Å². The van der Waals surface area contributed by atoms with Crippen molar-refractivity contribution in [1.82, 2.24) is 9.03 Å². The molecule has 0 aromatic heterocycles. The van der Waals surface area contributed by atoms with Crippen LogP contribution in [0, 0.1) is 0 Å². The Morgan fingerprint density at radius 2 is 2.00 bits per heavy atom. The Labute approximate surface area is 133 Å². The number of carbonyl (C=O) groups is 1. The fourth-order valence-electron chi connectivity index (χ4n) is 1.76. The first kappa shape index (κ1) is 20.9. The van der Waals surface area contributed by atoms with Crippen LogP contribution in [0.15, 0.2) is 12.7 Å². The molecule has 0 aliphatic rings. The summed E-state index contributed by atoms with van der Waals surface area (Å²) in [6.07, 6.45) is 1.64. The van der Waals surface area contributed by atoms with Gasteiger partial charge < -0.3 is 9.47 Å². The van der Waals surface area contributed by atoms with Crippen LogP contribution in [0.1, 0.15) is 40.5 Å². The van der Waals surface area contributed by atoms with Crippen molar-refractivity contribution in [3.63, 3.8) is 0 Å². The number of nitrogens with zero attached hydrogens (tertiary/aromatic N) is 1. The number of rotatable bonds is 9. The summed E-state index contributed by atoms with van der Waals surface area (Å²) in [6.45, 7) is 11.0. The zero-order valence-corrected chi connectivity index (χ0v) is 14.9. The monoisotopic (exact) mass is 336 g/mol. The average Bonchev–Trinajstić information content (AvgIpc) is 2.31. The number of amides is 1. The summed E-state index contributed by atoms with van der Waals surface area (Å²) >= 11 is 0. The van der Waals surface area contributed by atoms with Crippen molar-refractivity contribution in [2.75, 3.05) is 20.3 Å². The van der Waals surface area contributed by atoms with Gasteiger partial charge in [-0.15, -0.1) is 6.58 Å². The third kappa shape index (κ3) is 8.35. The molecule has 0 bridgehead atoms. The zero-order valence-electron chi connectivity index (χ0n) is 14.1. The van der Waals surface area contributed by atoms with Crippen molar-refractivity contribution in [2.24, 2.45) is 0 Å². The topological polar surface area (TPSA) is 84.9 Å². The fraction of sp³-hybridized carbons (Fsp3) is 0.786. The summed E-state index contributed by atoms with van der Waals surface area (Å²) in [5.41, 5.74) is -0.771. The number of hydrogen-bond acceptors (Lipinski definition) is 5. The fourth-order valence-corrected chi connectivity index (χ4v) is 3.06. The Kier molecular flexibility index (Phi) is 8.65. The minimum atomic E-state index is -3.99. The lowest BCUT2D eigenvalue weighted by Gasteiger charge is -2.28. The normalized spacial score (nSPS) is 13.7. The minimum absolute atomic E-state index is 0.237. The van der Waals surface area contributed by atoms with Crippen LogP contribution in [0.25, 0.3) is 0 Å². The molecule has 7 nitrogen and oxygen atoms in total. The lowest BCUT2D eigenvalue weighted by molar-refractivity contribution is 0.0566. The van der Waals surface area contributed by atoms with E-state index in [4.69, 9.17) is 9.47 Å². The van der Waals surface area contributed by atoms with Crippen molar-refractivity contribution < 1.29 is 22.7 Å². The third-order valence-electron chi connectivity index (χ3n) is 2.65. The van der Waals surface area contributed by atoms with E-state index >= 15 is 0 Å². The number of nitrogens with one attached hydrogen (secondary N) is 1. The van der Waals surface area contributed by atoms with Gasteiger partial charge in [0.05, 0.1) is 0 Å². The first-order chi connectivity index (χ1) is 10.0. The van der Waals surface area contributed by atoms with Crippen LogP contribution in [0.3, 0.4) is 0 Å². The second-order valence-electron chi connectivity index (χ2n) is 5.94. The van der Waals surface area contributed by atoms with Crippen molar-refractivity contribution in [1.29, 1.82) is 0 Å². The molecular weight excluding hydrogens is 308 g/mol. The Morgan fingerprint density at radius 1 is 1.41 bits per heavy atom. The quantitative estimate of drug-likeness (QED) is 0.514. The van der Waals surface area contributed by atoms with Gasteiger partial charge in [0.1, 0.15) is 5.60 Å². The van der Waals surface area contributed by atoms with E-state index in [9.17, 15) is 13.2 Å². The predicted octanol–water partition coefficient (Wildman–Crippen LogP) is 2.06. The van der Waals surface area contributed by atoms with Gasteiger partial charge in [0, 0.05) is 26.3 Å². The lowest BCUT2D eigenvalue weighted by atomic mass is 10.2. The molecule has 22 heavy (non-hydrogen) atoms. The molecule has 0 aliphatic carbocycles. The molecule has 0 rings (SSSR count). The van der Waals surface area contributed by atoms with Gasteiger partial charge in [0.25, 0.3) is 0 Å². The summed E-state index contributed by atoms with van der Waals surface area (Å²) in [4.78, 5) is 11.7. The summed E-state index contributed by atoms with van der Waals surface area (Å²) in [6, 6.07) is -0.325. The van der Waals surface area contributed by atoms with Gasteiger partial charge in [-0.2, -0.15) is 12.7 Å². The van der Waals surface area contributed by atoms with Gasteiger partial charge >= 0.3 is 16.3 Å². The third-order valence-corrected chi connectivity index (χ3v) is 4.23. The predicted molar refractivity (Wildman–Crippen MR) is 85.8 cm³/mol. The highest BCUT2D eigenvalue weighted by Crippen LogP contribution is 2.12. The molecule has 0 aliphatic heterocycles. The SMILES string of the molecule is C=CC[C@H](C)N(CCCOC)S(=O)(=O)NC(=O)OC(C)(C)C. The van der Waals surface area contributed by atoms with Crippen molar-refractivity contribution in [2.45, 2.75) is 52.2 Å². The Balaban J connectivity index is 4.99. The van der Waals surface area contributed by atoms with Gasteiger partial charge in [0.2, 0.25) is 0 Å². The van der Waals surface area contributed by atoms with E-state index < -0.39 is 21.9 Å². The van der Waals surface area contributed by atoms with E-state index in [-0.39, 0.29) is 12.6 Å². The van der Waals surface area contributed by atoms with Crippen LogP contribution in [0.5, 0.6) is 0 Å². The highest BCUT2D eigenvalue weighted by atomic mass is 32.2. The summed E-state index contributed by atoms with van der Waals surface area (Å²) in [5.74, 6) is 0. The summed E-state index contributed by atoms with van der Waals surface area (Å²) in [7, 11) is -2.44. The van der Waals surface area contributed by atoms with Gasteiger partial charge in [-0.25, -0.2) is 9.52 Å². The number of carbonyl (C=O) groups excluding carboxylic acids is 1. The Morgan fingerprint density at radius 3 is 2.45 bits per heavy atom. The molecule has 0 heterocycles. The van der Waals surface area contributed by atoms with Crippen LogP contribution in [0.2, 0.25) is 0 Å². The van der Waals surface area contributed by atoms with Crippen LogP contribution in [0.4, 0.5) is 4.79 Å². The molecule has 0 radical (unpaired) electrons. The van der Waals surface area contributed by atoms with Crippen molar-refractivity contribution in [3.8, 4) is 0 Å². The first-order valence-corrected chi connectivity index (χ1v) is 8.60. The highest BCUT2D eigenvalue weighted by Gasteiger charge is 2.29. The molecule has 0 unspecified atom stereocenters. The van der Waals surface area contributed by atoms with Crippen molar-refractivity contribution in [3.05, 3.63) is 12.7 Å². The second-order valence-corrected chi connectivity index (χ2v) is 7.56. The molecular formula is C14H28N2O5S. The molecule has 0 aromatic carbocycles. The smallest absolute Gasteiger partial charge is 0.422 e. The highest BCUT2D eigenvalue weighted by molar-refractivity contribution is 7.87. The Bertz CT molecular complexity index is 456. The van der Waals surface area contributed by atoms with Gasteiger partial charge in [-0.1, -0.05) is 6.08 Å². The maximum atomic E-state index is 12.4. The lowest BCUT2D eigenvalue weighted by Crippen LogP contribution is -2.49. The van der Waals surface area contributed by atoms with Crippen LogP contribution >= 0.6 is 0 Å².